The summed E-state index contributed by atoms with van der Waals surface area (Å²) >= 11 is 6.20. The number of nitriles is 1. The number of imide groups is 1. The van der Waals surface area contributed by atoms with Crippen LogP contribution in [-0.2, 0) is 25.7 Å². The zero-order chi connectivity index (χ0) is 26.2. The Hall–Kier alpha value is -4.09. The first-order valence-corrected chi connectivity index (χ1v) is 11.5. The maximum atomic E-state index is 13.2. The standard InChI is InChI=1S/C27H25ClN2O6/c1-17-21(26(32)30(27(33)22(17)15-29)11-6-12-35-18(2)31)13-19-9-10-24(25(14-19)34-3)36-16-20-7-4-5-8-23(20)28/h4-5,7-10,13-14H,6,11-12,16H2,1-3H3/b21-13+. The van der Waals surface area contributed by atoms with Gasteiger partial charge in [-0.3, -0.25) is 19.3 Å². The fourth-order valence-corrected chi connectivity index (χ4v) is 3.79. The number of nitrogens with zero attached hydrogens (tertiary/aromatic N) is 2. The van der Waals surface area contributed by atoms with Crippen LogP contribution in [0.5, 0.6) is 11.5 Å². The molecule has 2 amide bonds. The van der Waals surface area contributed by atoms with Crippen molar-refractivity contribution in [3.63, 3.8) is 0 Å². The zero-order valence-corrected chi connectivity index (χ0v) is 20.9. The van der Waals surface area contributed by atoms with E-state index in [4.69, 9.17) is 25.8 Å². The number of methoxy groups -OCH3 is 1. The van der Waals surface area contributed by atoms with Gasteiger partial charge >= 0.3 is 5.97 Å². The summed E-state index contributed by atoms with van der Waals surface area (Å²) in [6.07, 6.45) is 1.86. The topological polar surface area (TPSA) is 106 Å². The van der Waals surface area contributed by atoms with Gasteiger partial charge in [0.2, 0.25) is 0 Å². The second kappa shape index (κ2) is 12.0. The molecule has 0 N–H and O–H groups in total. The summed E-state index contributed by atoms with van der Waals surface area (Å²) in [7, 11) is 1.50. The molecular weight excluding hydrogens is 484 g/mol. The van der Waals surface area contributed by atoms with Crippen LogP contribution in [0, 0.1) is 11.3 Å². The summed E-state index contributed by atoms with van der Waals surface area (Å²) in [6, 6.07) is 14.4. The number of halogens is 1. The van der Waals surface area contributed by atoms with Gasteiger partial charge in [-0.15, -0.1) is 0 Å². The van der Waals surface area contributed by atoms with E-state index in [0.29, 0.717) is 27.7 Å². The Morgan fingerprint density at radius 2 is 1.89 bits per heavy atom. The number of carbonyl (C=O) groups is 3. The molecule has 2 aromatic rings. The number of hydrogen-bond acceptors (Lipinski definition) is 7. The van der Waals surface area contributed by atoms with Gasteiger partial charge in [-0.05, 0) is 48.8 Å². The first-order chi connectivity index (χ1) is 17.3. The Bertz CT molecular complexity index is 1290. The molecule has 36 heavy (non-hydrogen) atoms. The van der Waals surface area contributed by atoms with Gasteiger partial charge in [0.15, 0.2) is 11.5 Å². The van der Waals surface area contributed by atoms with Crippen LogP contribution in [0.1, 0.15) is 31.4 Å². The summed E-state index contributed by atoms with van der Waals surface area (Å²) in [6.45, 7) is 3.16. The number of amides is 2. The van der Waals surface area contributed by atoms with Crippen LogP contribution in [0.4, 0.5) is 0 Å². The summed E-state index contributed by atoms with van der Waals surface area (Å²) in [4.78, 5) is 37.8. The van der Waals surface area contributed by atoms with E-state index in [9.17, 15) is 19.6 Å². The minimum Gasteiger partial charge on any atom is -0.493 e. The van der Waals surface area contributed by atoms with E-state index in [-0.39, 0.29) is 37.3 Å². The maximum Gasteiger partial charge on any atom is 0.302 e. The minimum absolute atomic E-state index is 0.0128. The SMILES string of the molecule is COc1cc(/C=C2/C(=O)N(CCCOC(C)=O)C(=O)C(C#N)=C2C)ccc1OCc1ccccc1Cl. The summed E-state index contributed by atoms with van der Waals surface area (Å²) in [5, 5.41) is 10.1. The van der Waals surface area contributed by atoms with Crippen LogP contribution in [0.2, 0.25) is 5.02 Å². The molecule has 186 valence electrons. The van der Waals surface area contributed by atoms with Crippen molar-refractivity contribution in [1.82, 2.24) is 4.90 Å². The van der Waals surface area contributed by atoms with Crippen molar-refractivity contribution in [3.8, 4) is 17.6 Å². The molecule has 0 fully saturated rings. The normalized spacial score (nSPS) is 14.6. The van der Waals surface area contributed by atoms with E-state index in [1.165, 1.54) is 14.0 Å². The molecule has 1 heterocycles. The van der Waals surface area contributed by atoms with E-state index in [1.54, 1.807) is 37.3 Å². The van der Waals surface area contributed by atoms with Crippen molar-refractivity contribution in [2.24, 2.45) is 0 Å². The van der Waals surface area contributed by atoms with Gasteiger partial charge < -0.3 is 14.2 Å². The van der Waals surface area contributed by atoms with Gasteiger partial charge in [-0.25, -0.2) is 0 Å². The highest BCUT2D eigenvalue weighted by Crippen LogP contribution is 2.32. The van der Waals surface area contributed by atoms with Gasteiger partial charge in [0.25, 0.3) is 11.8 Å². The first kappa shape index (κ1) is 26.5. The molecule has 1 aliphatic heterocycles. The number of carbonyl (C=O) groups excluding carboxylic acids is 3. The summed E-state index contributed by atoms with van der Waals surface area (Å²) in [5.74, 6) is -0.718. The van der Waals surface area contributed by atoms with Crippen molar-refractivity contribution in [2.75, 3.05) is 20.3 Å². The number of benzene rings is 2. The molecule has 0 aliphatic carbocycles. The Morgan fingerprint density at radius 1 is 1.14 bits per heavy atom. The van der Waals surface area contributed by atoms with E-state index in [0.717, 1.165) is 10.5 Å². The van der Waals surface area contributed by atoms with Crippen LogP contribution in [0.3, 0.4) is 0 Å². The Balaban J connectivity index is 1.86. The maximum absolute atomic E-state index is 13.2. The third-order valence-electron chi connectivity index (χ3n) is 5.50. The molecule has 0 unspecified atom stereocenters. The monoisotopic (exact) mass is 508 g/mol. The third kappa shape index (κ3) is 6.12. The van der Waals surface area contributed by atoms with Crippen LogP contribution in [-0.4, -0.2) is 42.9 Å². The van der Waals surface area contributed by atoms with Gasteiger partial charge in [0.05, 0.1) is 13.7 Å². The average molecular weight is 509 g/mol. The average Bonchev–Trinajstić information content (AvgIpc) is 2.86. The Kier molecular flexibility index (Phi) is 8.87. The molecule has 0 radical (unpaired) electrons. The number of ether oxygens (including phenoxy) is 3. The van der Waals surface area contributed by atoms with Gasteiger partial charge in [0.1, 0.15) is 18.2 Å². The number of hydrogen-bond donors (Lipinski definition) is 0. The predicted octanol–water partition coefficient (Wildman–Crippen LogP) is 4.47. The number of esters is 1. The van der Waals surface area contributed by atoms with E-state index < -0.39 is 17.8 Å². The summed E-state index contributed by atoms with van der Waals surface area (Å²) in [5.41, 5.74) is 1.83. The van der Waals surface area contributed by atoms with Crippen molar-refractivity contribution < 1.29 is 28.6 Å². The lowest BCUT2D eigenvalue weighted by Crippen LogP contribution is -2.43. The lowest BCUT2D eigenvalue weighted by Gasteiger charge is -2.27. The molecule has 0 aromatic heterocycles. The highest BCUT2D eigenvalue weighted by Gasteiger charge is 2.35. The lowest BCUT2D eigenvalue weighted by molar-refractivity contribution is -0.141. The molecule has 2 aromatic carbocycles. The fourth-order valence-electron chi connectivity index (χ4n) is 3.60. The molecule has 0 saturated heterocycles. The molecular formula is C27H25ClN2O6. The molecule has 1 aliphatic rings. The van der Waals surface area contributed by atoms with Crippen molar-refractivity contribution in [2.45, 2.75) is 26.9 Å². The highest BCUT2D eigenvalue weighted by molar-refractivity contribution is 6.31. The van der Waals surface area contributed by atoms with Gasteiger partial charge in [-0.1, -0.05) is 35.9 Å². The van der Waals surface area contributed by atoms with Crippen molar-refractivity contribution >= 4 is 35.5 Å². The van der Waals surface area contributed by atoms with Crippen LogP contribution in [0.25, 0.3) is 6.08 Å². The quantitative estimate of drug-likeness (QED) is 0.213. The zero-order valence-electron chi connectivity index (χ0n) is 20.2. The Labute approximate surface area is 214 Å². The van der Waals surface area contributed by atoms with Crippen molar-refractivity contribution in [1.29, 1.82) is 5.26 Å². The summed E-state index contributed by atoms with van der Waals surface area (Å²) < 4.78 is 16.2. The van der Waals surface area contributed by atoms with Crippen LogP contribution >= 0.6 is 11.6 Å². The van der Waals surface area contributed by atoms with E-state index in [1.807, 2.05) is 24.3 Å². The molecule has 0 spiro atoms. The second-order valence-corrected chi connectivity index (χ2v) is 8.32. The lowest BCUT2D eigenvalue weighted by atomic mass is 9.93. The molecule has 3 rings (SSSR count). The van der Waals surface area contributed by atoms with Crippen molar-refractivity contribution in [3.05, 3.63) is 75.3 Å². The second-order valence-electron chi connectivity index (χ2n) is 7.92. The highest BCUT2D eigenvalue weighted by atomic mass is 35.5. The minimum atomic E-state index is -0.666. The predicted molar refractivity (Wildman–Crippen MR) is 133 cm³/mol. The number of rotatable bonds is 9. The molecule has 0 atom stereocenters. The van der Waals surface area contributed by atoms with E-state index in [2.05, 4.69) is 0 Å². The molecule has 9 heteroatoms. The molecule has 0 bridgehead atoms. The first-order valence-electron chi connectivity index (χ1n) is 11.1. The van der Waals surface area contributed by atoms with Crippen LogP contribution < -0.4 is 9.47 Å². The molecule has 8 nitrogen and oxygen atoms in total. The largest absolute Gasteiger partial charge is 0.493 e. The van der Waals surface area contributed by atoms with E-state index >= 15 is 0 Å². The smallest absolute Gasteiger partial charge is 0.302 e. The molecule has 0 saturated carbocycles. The fraction of sp³-hybridized carbons (Fsp3) is 0.259. The third-order valence-corrected chi connectivity index (χ3v) is 5.87. The Morgan fingerprint density at radius 3 is 2.56 bits per heavy atom. The van der Waals surface area contributed by atoms with Gasteiger partial charge in [-0.2, -0.15) is 5.26 Å². The van der Waals surface area contributed by atoms with Crippen LogP contribution in [0.15, 0.2) is 59.2 Å². The van der Waals surface area contributed by atoms with Gasteiger partial charge in [0, 0.05) is 29.6 Å².